The van der Waals surface area contributed by atoms with Crippen molar-refractivity contribution in [3.63, 3.8) is 0 Å². The fourth-order valence-corrected chi connectivity index (χ4v) is 2.13. The van der Waals surface area contributed by atoms with Gasteiger partial charge in [-0.25, -0.2) is 0 Å². The van der Waals surface area contributed by atoms with Crippen molar-refractivity contribution in [3.8, 4) is 0 Å². The molecule has 1 N–H and O–H groups in total. The second-order valence-corrected chi connectivity index (χ2v) is 4.58. The molecule has 0 fully saturated rings. The molecule has 1 heterocycles. The SMILES string of the molecule is CCC(C)C(Cc1cc(C)nn1CC)NC. The van der Waals surface area contributed by atoms with E-state index in [0.29, 0.717) is 12.0 Å². The minimum Gasteiger partial charge on any atom is -0.316 e. The lowest BCUT2D eigenvalue weighted by atomic mass is 9.95. The maximum absolute atomic E-state index is 4.49. The van der Waals surface area contributed by atoms with E-state index >= 15 is 0 Å². The number of aromatic nitrogens is 2. The Bertz CT molecular complexity index is 317. The summed E-state index contributed by atoms with van der Waals surface area (Å²) in [5, 5.41) is 7.91. The van der Waals surface area contributed by atoms with E-state index in [1.165, 1.54) is 12.1 Å². The Labute approximate surface area is 99.2 Å². The van der Waals surface area contributed by atoms with Crippen molar-refractivity contribution in [2.75, 3.05) is 7.05 Å². The highest BCUT2D eigenvalue weighted by atomic mass is 15.3. The molecule has 2 atom stereocenters. The molecular formula is C13H25N3. The predicted molar refractivity (Wildman–Crippen MR) is 68.6 cm³/mol. The molecule has 3 nitrogen and oxygen atoms in total. The fourth-order valence-electron chi connectivity index (χ4n) is 2.13. The standard InChI is InChI=1S/C13H25N3/c1-6-10(3)13(14-5)9-12-8-11(4)15-16(12)7-2/h8,10,13-14H,6-7,9H2,1-5H3. The number of hydrogen-bond donors (Lipinski definition) is 1. The molecule has 0 aliphatic rings. The molecule has 16 heavy (non-hydrogen) atoms. The number of hydrogen-bond acceptors (Lipinski definition) is 2. The number of likely N-dealkylation sites (N-methyl/N-ethyl adjacent to an activating group) is 1. The van der Waals surface area contributed by atoms with Gasteiger partial charge in [-0.2, -0.15) is 5.10 Å². The van der Waals surface area contributed by atoms with E-state index < -0.39 is 0 Å². The molecule has 1 aromatic heterocycles. The Hall–Kier alpha value is -0.830. The monoisotopic (exact) mass is 223 g/mol. The lowest BCUT2D eigenvalue weighted by Crippen LogP contribution is -2.34. The topological polar surface area (TPSA) is 29.9 Å². The average Bonchev–Trinajstić information content (AvgIpc) is 2.65. The molecular weight excluding hydrogens is 198 g/mol. The van der Waals surface area contributed by atoms with Crippen LogP contribution >= 0.6 is 0 Å². The Morgan fingerprint density at radius 2 is 2.12 bits per heavy atom. The lowest BCUT2D eigenvalue weighted by Gasteiger charge is -2.22. The highest BCUT2D eigenvalue weighted by Crippen LogP contribution is 2.14. The van der Waals surface area contributed by atoms with Crippen molar-refractivity contribution >= 4 is 0 Å². The minimum atomic E-state index is 0.548. The molecule has 3 heteroatoms. The third kappa shape index (κ3) is 3.08. The highest BCUT2D eigenvalue weighted by molar-refractivity contribution is 5.10. The normalized spacial score (nSPS) is 15.1. The maximum Gasteiger partial charge on any atom is 0.0596 e. The summed E-state index contributed by atoms with van der Waals surface area (Å²) in [5.41, 5.74) is 2.47. The molecule has 1 rings (SSSR count). The van der Waals surface area contributed by atoms with Crippen LogP contribution in [0.2, 0.25) is 0 Å². The van der Waals surface area contributed by atoms with Crippen LogP contribution < -0.4 is 5.32 Å². The third-order valence-corrected chi connectivity index (χ3v) is 3.42. The van der Waals surface area contributed by atoms with E-state index in [2.05, 4.69) is 55.9 Å². The number of nitrogens with one attached hydrogen (secondary N) is 1. The molecule has 0 saturated heterocycles. The van der Waals surface area contributed by atoms with Crippen molar-refractivity contribution in [1.82, 2.24) is 15.1 Å². The van der Waals surface area contributed by atoms with Gasteiger partial charge in [0.2, 0.25) is 0 Å². The first-order chi connectivity index (χ1) is 7.62. The van der Waals surface area contributed by atoms with E-state index in [4.69, 9.17) is 0 Å². The van der Waals surface area contributed by atoms with Gasteiger partial charge in [0, 0.05) is 24.7 Å². The van der Waals surface area contributed by atoms with Crippen molar-refractivity contribution < 1.29 is 0 Å². The van der Waals surface area contributed by atoms with Gasteiger partial charge in [0.05, 0.1) is 5.69 Å². The first-order valence-corrected chi connectivity index (χ1v) is 6.32. The largest absolute Gasteiger partial charge is 0.316 e. The molecule has 0 saturated carbocycles. The second-order valence-electron chi connectivity index (χ2n) is 4.58. The van der Waals surface area contributed by atoms with Crippen molar-refractivity contribution in [3.05, 3.63) is 17.5 Å². The van der Waals surface area contributed by atoms with Crippen LogP contribution in [0.3, 0.4) is 0 Å². The predicted octanol–water partition coefficient (Wildman–Crippen LogP) is 2.39. The molecule has 0 aliphatic carbocycles. The Morgan fingerprint density at radius 3 is 2.62 bits per heavy atom. The summed E-state index contributed by atoms with van der Waals surface area (Å²) in [6, 6.07) is 2.75. The molecule has 0 amide bonds. The van der Waals surface area contributed by atoms with E-state index in [-0.39, 0.29) is 0 Å². The molecule has 2 unspecified atom stereocenters. The lowest BCUT2D eigenvalue weighted by molar-refractivity contribution is 0.378. The Balaban J connectivity index is 2.76. The van der Waals surface area contributed by atoms with E-state index in [1.54, 1.807) is 0 Å². The van der Waals surface area contributed by atoms with E-state index in [1.807, 2.05) is 0 Å². The van der Waals surface area contributed by atoms with Gasteiger partial charge in [-0.3, -0.25) is 4.68 Å². The first-order valence-electron chi connectivity index (χ1n) is 6.32. The average molecular weight is 223 g/mol. The molecule has 1 aromatic rings. The molecule has 0 aliphatic heterocycles. The molecule has 0 aromatic carbocycles. The summed E-state index contributed by atoms with van der Waals surface area (Å²) in [5.74, 6) is 0.700. The zero-order valence-electron chi connectivity index (χ0n) is 11.2. The van der Waals surface area contributed by atoms with Gasteiger partial charge >= 0.3 is 0 Å². The molecule has 0 bridgehead atoms. The van der Waals surface area contributed by atoms with E-state index in [0.717, 1.165) is 18.7 Å². The zero-order chi connectivity index (χ0) is 12.1. The molecule has 0 radical (unpaired) electrons. The minimum absolute atomic E-state index is 0.548. The van der Waals surface area contributed by atoms with Crippen LogP contribution in [0.4, 0.5) is 0 Å². The van der Waals surface area contributed by atoms with Crippen molar-refractivity contribution in [2.45, 2.75) is 53.1 Å². The summed E-state index contributed by atoms with van der Waals surface area (Å²) < 4.78 is 2.11. The van der Waals surface area contributed by atoms with Crippen molar-refractivity contribution in [2.24, 2.45) is 5.92 Å². The van der Waals surface area contributed by atoms with Gasteiger partial charge in [-0.1, -0.05) is 20.3 Å². The zero-order valence-corrected chi connectivity index (χ0v) is 11.2. The van der Waals surface area contributed by atoms with Crippen LogP contribution in [0, 0.1) is 12.8 Å². The summed E-state index contributed by atoms with van der Waals surface area (Å²) in [7, 11) is 2.05. The highest BCUT2D eigenvalue weighted by Gasteiger charge is 2.16. The Kier molecular flexibility index (Phi) is 5.00. The summed E-state index contributed by atoms with van der Waals surface area (Å²) in [6.45, 7) is 9.72. The summed E-state index contributed by atoms with van der Waals surface area (Å²) in [4.78, 5) is 0. The van der Waals surface area contributed by atoms with E-state index in [9.17, 15) is 0 Å². The Morgan fingerprint density at radius 1 is 1.44 bits per heavy atom. The van der Waals surface area contributed by atoms with Gasteiger partial charge in [0.15, 0.2) is 0 Å². The van der Waals surface area contributed by atoms with Gasteiger partial charge in [0.1, 0.15) is 0 Å². The van der Waals surface area contributed by atoms with Crippen LogP contribution in [0.25, 0.3) is 0 Å². The van der Waals surface area contributed by atoms with Crippen LogP contribution in [-0.4, -0.2) is 22.9 Å². The summed E-state index contributed by atoms with van der Waals surface area (Å²) in [6.07, 6.45) is 2.28. The van der Waals surface area contributed by atoms with Crippen LogP contribution in [0.15, 0.2) is 6.07 Å². The number of nitrogens with zero attached hydrogens (tertiary/aromatic N) is 2. The van der Waals surface area contributed by atoms with Gasteiger partial charge in [0.25, 0.3) is 0 Å². The van der Waals surface area contributed by atoms with Gasteiger partial charge in [-0.15, -0.1) is 0 Å². The number of aryl methyl sites for hydroxylation is 2. The third-order valence-electron chi connectivity index (χ3n) is 3.42. The smallest absolute Gasteiger partial charge is 0.0596 e. The quantitative estimate of drug-likeness (QED) is 0.802. The van der Waals surface area contributed by atoms with Gasteiger partial charge in [-0.05, 0) is 32.9 Å². The van der Waals surface area contributed by atoms with Crippen LogP contribution in [-0.2, 0) is 13.0 Å². The van der Waals surface area contributed by atoms with Crippen LogP contribution in [0.5, 0.6) is 0 Å². The van der Waals surface area contributed by atoms with Crippen LogP contribution in [0.1, 0.15) is 38.6 Å². The molecule has 92 valence electrons. The number of rotatable bonds is 6. The second kappa shape index (κ2) is 6.04. The fraction of sp³-hybridized carbons (Fsp3) is 0.769. The maximum atomic E-state index is 4.49. The van der Waals surface area contributed by atoms with Gasteiger partial charge < -0.3 is 5.32 Å². The summed E-state index contributed by atoms with van der Waals surface area (Å²) >= 11 is 0. The molecule has 0 spiro atoms. The van der Waals surface area contributed by atoms with Crippen molar-refractivity contribution in [1.29, 1.82) is 0 Å². The first kappa shape index (κ1) is 13.2.